The van der Waals surface area contributed by atoms with Crippen molar-refractivity contribution in [1.82, 2.24) is 5.32 Å². The second kappa shape index (κ2) is 10.6. The van der Waals surface area contributed by atoms with E-state index in [2.05, 4.69) is 17.4 Å². The molecule has 186 valence electrons. The molecule has 0 aliphatic heterocycles. The van der Waals surface area contributed by atoms with Gasteiger partial charge < -0.3 is 19.9 Å². The lowest BCUT2D eigenvalue weighted by Crippen LogP contribution is -2.42. The first-order valence-electron chi connectivity index (χ1n) is 12.1. The monoisotopic (exact) mass is 493 g/mol. The fourth-order valence-corrected chi connectivity index (χ4v) is 4.85. The van der Waals surface area contributed by atoms with E-state index in [1.54, 1.807) is 7.11 Å². The molecule has 0 heterocycles. The molecule has 5 rings (SSSR count). The standard InChI is InChI=1S/C31H27NO5/c1-36-23-8-6-7-22(18-23)21-15-13-20(14-16-21)17-29(30(33)34)32-31(35)37-19-28-26-11-4-2-9-24(26)25-10-3-5-12-27(25)28/h2-16,18,28-29H,17,19H2,1H3,(H,32,35)(H,33,34)/t29-/m0/s1. The van der Waals surface area contributed by atoms with Crippen molar-refractivity contribution in [1.29, 1.82) is 0 Å². The van der Waals surface area contributed by atoms with Crippen molar-refractivity contribution in [2.24, 2.45) is 0 Å². The lowest BCUT2D eigenvalue weighted by molar-refractivity contribution is -0.139. The number of carbonyl (C=O) groups is 2. The molecule has 1 atom stereocenters. The molecule has 1 aliphatic rings. The Morgan fingerprint density at radius 1 is 0.838 bits per heavy atom. The molecule has 0 saturated heterocycles. The summed E-state index contributed by atoms with van der Waals surface area (Å²) in [4.78, 5) is 24.5. The summed E-state index contributed by atoms with van der Waals surface area (Å²) in [7, 11) is 1.62. The molecule has 2 N–H and O–H groups in total. The number of methoxy groups -OCH3 is 1. The quantitative estimate of drug-likeness (QED) is 0.319. The molecular weight excluding hydrogens is 466 g/mol. The highest BCUT2D eigenvalue weighted by Gasteiger charge is 2.29. The summed E-state index contributed by atoms with van der Waals surface area (Å²) in [6, 6.07) is 30.3. The van der Waals surface area contributed by atoms with Gasteiger partial charge in [-0.2, -0.15) is 0 Å². The Kier molecular flexibility index (Phi) is 6.90. The minimum absolute atomic E-state index is 0.0921. The van der Waals surface area contributed by atoms with Crippen LogP contribution in [0.25, 0.3) is 22.3 Å². The Bertz CT molecular complexity index is 1380. The molecule has 1 aliphatic carbocycles. The fourth-order valence-electron chi connectivity index (χ4n) is 4.85. The van der Waals surface area contributed by atoms with Crippen LogP contribution < -0.4 is 10.1 Å². The lowest BCUT2D eigenvalue weighted by atomic mass is 9.98. The highest BCUT2D eigenvalue weighted by atomic mass is 16.5. The number of ether oxygens (including phenoxy) is 2. The van der Waals surface area contributed by atoms with Gasteiger partial charge in [-0.3, -0.25) is 0 Å². The maximum atomic E-state index is 12.6. The Morgan fingerprint density at radius 2 is 1.49 bits per heavy atom. The molecule has 0 unspecified atom stereocenters. The van der Waals surface area contributed by atoms with Crippen molar-refractivity contribution >= 4 is 12.1 Å². The Morgan fingerprint density at radius 3 is 2.11 bits per heavy atom. The minimum atomic E-state index is -1.12. The summed E-state index contributed by atoms with van der Waals surface area (Å²) in [5.41, 5.74) is 7.24. The van der Waals surface area contributed by atoms with Gasteiger partial charge in [-0.05, 0) is 51.1 Å². The number of alkyl carbamates (subject to hydrolysis) is 1. The topological polar surface area (TPSA) is 84.9 Å². The van der Waals surface area contributed by atoms with Crippen molar-refractivity contribution in [3.8, 4) is 28.0 Å². The van der Waals surface area contributed by atoms with Crippen LogP contribution >= 0.6 is 0 Å². The van der Waals surface area contributed by atoms with Crippen LogP contribution in [-0.2, 0) is 16.0 Å². The van der Waals surface area contributed by atoms with Crippen LogP contribution in [0.5, 0.6) is 5.75 Å². The highest BCUT2D eigenvalue weighted by Crippen LogP contribution is 2.44. The third kappa shape index (κ3) is 5.19. The van der Waals surface area contributed by atoms with Crippen molar-refractivity contribution < 1.29 is 24.2 Å². The van der Waals surface area contributed by atoms with Crippen LogP contribution in [0.4, 0.5) is 4.79 Å². The number of amides is 1. The number of carbonyl (C=O) groups excluding carboxylic acids is 1. The van der Waals surface area contributed by atoms with Crippen LogP contribution in [-0.4, -0.2) is 36.9 Å². The number of nitrogens with one attached hydrogen (secondary N) is 1. The van der Waals surface area contributed by atoms with Gasteiger partial charge in [-0.25, -0.2) is 9.59 Å². The van der Waals surface area contributed by atoms with Gasteiger partial charge in [0.1, 0.15) is 18.4 Å². The fraction of sp³-hybridized carbons (Fsp3) is 0.161. The molecular formula is C31H27NO5. The number of hydrogen-bond donors (Lipinski definition) is 2. The molecule has 0 spiro atoms. The van der Waals surface area contributed by atoms with E-state index < -0.39 is 18.1 Å². The van der Waals surface area contributed by atoms with E-state index in [4.69, 9.17) is 9.47 Å². The molecule has 0 radical (unpaired) electrons. The van der Waals surface area contributed by atoms with Gasteiger partial charge in [0.2, 0.25) is 0 Å². The maximum Gasteiger partial charge on any atom is 0.407 e. The minimum Gasteiger partial charge on any atom is -0.497 e. The zero-order valence-corrected chi connectivity index (χ0v) is 20.4. The summed E-state index contributed by atoms with van der Waals surface area (Å²) in [6.07, 6.45) is -0.611. The number of carboxylic acids is 1. The van der Waals surface area contributed by atoms with E-state index in [1.807, 2.05) is 84.9 Å². The first kappa shape index (κ1) is 24.1. The molecule has 6 heteroatoms. The predicted octanol–water partition coefficient (Wildman–Crippen LogP) is 5.90. The van der Waals surface area contributed by atoms with Gasteiger partial charge in [0, 0.05) is 12.3 Å². The van der Waals surface area contributed by atoms with Gasteiger partial charge in [0.05, 0.1) is 7.11 Å². The zero-order chi connectivity index (χ0) is 25.8. The summed E-state index contributed by atoms with van der Waals surface area (Å²) in [5, 5.41) is 12.3. The molecule has 37 heavy (non-hydrogen) atoms. The molecule has 0 fully saturated rings. The number of carboxylic acid groups (broad SMARTS) is 1. The van der Waals surface area contributed by atoms with Crippen molar-refractivity contribution in [2.45, 2.75) is 18.4 Å². The van der Waals surface area contributed by atoms with Crippen molar-refractivity contribution in [3.63, 3.8) is 0 Å². The summed E-state index contributed by atoms with van der Waals surface area (Å²) in [6.45, 7) is 0.126. The molecule has 4 aromatic carbocycles. The van der Waals surface area contributed by atoms with Gasteiger partial charge >= 0.3 is 12.1 Å². The second-order valence-corrected chi connectivity index (χ2v) is 8.99. The van der Waals surface area contributed by atoms with E-state index in [9.17, 15) is 14.7 Å². The van der Waals surface area contributed by atoms with Crippen LogP contribution in [0.3, 0.4) is 0 Å². The van der Waals surface area contributed by atoms with Gasteiger partial charge in [-0.15, -0.1) is 0 Å². The molecule has 4 aromatic rings. The van der Waals surface area contributed by atoms with Crippen molar-refractivity contribution in [3.05, 3.63) is 114 Å². The van der Waals surface area contributed by atoms with Gasteiger partial charge in [0.15, 0.2) is 0 Å². The number of benzene rings is 4. The Balaban J connectivity index is 1.22. The predicted molar refractivity (Wildman–Crippen MR) is 142 cm³/mol. The van der Waals surface area contributed by atoms with Crippen LogP contribution in [0.15, 0.2) is 97.1 Å². The van der Waals surface area contributed by atoms with E-state index in [-0.39, 0.29) is 18.9 Å². The molecule has 1 amide bonds. The number of hydrogen-bond acceptors (Lipinski definition) is 4. The average molecular weight is 494 g/mol. The number of rotatable bonds is 8. The number of fused-ring (bicyclic) bond motifs is 3. The van der Waals surface area contributed by atoms with Crippen LogP contribution in [0.1, 0.15) is 22.6 Å². The third-order valence-corrected chi connectivity index (χ3v) is 6.73. The summed E-state index contributed by atoms with van der Waals surface area (Å²) < 4.78 is 10.8. The first-order chi connectivity index (χ1) is 18.0. The molecule has 0 saturated carbocycles. The van der Waals surface area contributed by atoms with E-state index in [0.717, 1.165) is 44.7 Å². The highest BCUT2D eigenvalue weighted by molar-refractivity contribution is 5.81. The van der Waals surface area contributed by atoms with E-state index in [1.165, 1.54) is 0 Å². The van der Waals surface area contributed by atoms with Crippen LogP contribution in [0, 0.1) is 0 Å². The zero-order valence-electron chi connectivity index (χ0n) is 20.4. The normalized spacial score (nSPS) is 12.8. The first-order valence-corrected chi connectivity index (χ1v) is 12.1. The third-order valence-electron chi connectivity index (χ3n) is 6.73. The van der Waals surface area contributed by atoms with Gasteiger partial charge in [-0.1, -0.05) is 84.9 Å². The molecule has 6 nitrogen and oxygen atoms in total. The Hall–Kier alpha value is -4.58. The van der Waals surface area contributed by atoms with E-state index >= 15 is 0 Å². The SMILES string of the molecule is COc1cccc(-c2ccc(C[C@H](NC(=O)OCC3c4ccccc4-c4ccccc43)C(=O)O)cc2)c1. The summed E-state index contributed by atoms with van der Waals surface area (Å²) >= 11 is 0. The van der Waals surface area contributed by atoms with Crippen LogP contribution in [0.2, 0.25) is 0 Å². The molecule has 0 aromatic heterocycles. The van der Waals surface area contributed by atoms with E-state index in [0.29, 0.717) is 0 Å². The second-order valence-electron chi connectivity index (χ2n) is 8.99. The van der Waals surface area contributed by atoms with Crippen molar-refractivity contribution in [2.75, 3.05) is 13.7 Å². The number of aliphatic carboxylic acids is 1. The Labute approximate surface area is 215 Å². The largest absolute Gasteiger partial charge is 0.497 e. The molecule has 0 bridgehead atoms. The average Bonchev–Trinajstić information content (AvgIpc) is 3.25. The summed E-state index contributed by atoms with van der Waals surface area (Å²) in [5.74, 6) is -0.448. The maximum absolute atomic E-state index is 12.6. The smallest absolute Gasteiger partial charge is 0.407 e. The van der Waals surface area contributed by atoms with Gasteiger partial charge in [0.25, 0.3) is 0 Å². The lowest BCUT2D eigenvalue weighted by Gasteiger charge is -2.17.